The minimum absolute atomic E-state index is 0.241. The first-order valence-corrected chi connectivity index (χ1v) is 6.01. The zero-order chi connectivity index (χ0) is 13.8. The number of rotatable bonds is 5. The molecule has 3 N–H and O–H groups in total. The van der Waals surface area contributed by atoms with Crippen LogP contribution in [0.1, 0.15) is 32.3 Å². The van der Waals surface area contributed by atoms with Crippen molar-refractivity contribution in [2.24, 2.45) is 5.92 Å². The monoisotopic (exact) mass is 260 g/mol. The summed E-state index contributed by atoms with van der Waals surface area (Å²) < 4.78 is 37.8. The summed E-state index contributed by atoms with van der Waals surface area (Å²) in [6, 6.07) is 3.91. The van der Waals surface area contributed by atoms with Crippen LogP contribution < -0.4 is 11.1 Å². The molecule has 102 valence electrons. The van der Waals surface area contributed by atoms with Crippen molar-refractivity contribution >= 4 is 11.4 Å². The fourth-order valence-corrected chi connectivity index (χ4v) is 1.65. The Morgan fingerprint density at radius 1 is 1.28 bits per heavy atom. The van der Waals surface area contributed by atoms with E-state index in [0.717, 1.165) is 18.9 Å². The summed E-state index contributed by atoms with van der Waals surface area (Å²) in [6.45, 7) is 4.90. The highest BCUT2D eigenvalue weighted by Gasteiger charge is 2.33. The Labute approximate surface area is 105 Å². The van der Waals surface area contributed by atoms with Crippen LogP contribution in [0.4, 0.5) is 24.5 Å². The lowest BCUT2D eigenvalue weighted by molar-refractivity contribution is -0.136. The van der Waals surface area contributed by atoms with E-state index < -0.39 is 11.7 Å². The summed E-state index contributed by atoms with van der Waals surface area (Å²) in [5, 5.41) is 2.98. The van der Waals surface area contributed by atoms with Crippen molar-refractivity contribution in [1.82, 2.24) is 0 Å². The maximum atomic E-state index is 12.6. The minimum atomic E-state index is -4.40. The van der Waals surface area contributed by atoms with E-state index in [9.17, 15) is 13.2 Å². The third kappa shape index (κ3) is 4.47. The van der Waals surface area contributed by atoms with E-state index in [1.165, 1.54) is 6.07 Å². The Bertz CT molecular complexity index is 386. The smallest absolute Gasteiger partial charge is 0.398 e. The van der Waals surface area contributed by atoms with E-state index in [0.29, 0.717) is 18.2 Å². The molecule has 0 heterocycles. The zero-order valence-corrected chi connectivity index (χ0v) is 10.6. The fourth-order valence-electron chi connectivity index (χ4n) is 1.65. The summed E-state index contributed by atoms with van der Waals surface area (Å²) >= 11 is 0. The number of hydrogen-bond acceptors (Lipinski definition) is 2. The largest absolute Gasteiger partial charge is 0.418 e. The van der Waals surface area contributed by atoms with Crippen LogP contribution in [0.25, 0.3) is 0 Å². The number of anilines is 2. The van der Waals surface area contributed by atoms with Gasteiger partial charge in [-0.05, 0) is 37.0 Å². The van der Waals surface area contributed by atoms with Crippen LogP contribution in [0.3, 0.4) is 0 Å². The first-order valence-electron chi connectivity index (χ1n) is 6.01. The Morgan fingerprint density at radius 2 is 1.94 bits per heavy atom. The van der Waals surface area contributed by atoms with Crippen molar-refractivity contribution in [3.63, 3.8) is 0 Å². The molecule has 1 rings (SSSR count). The van der Waals surface area contributed by atoms with Crippen LogP contribution in [0.15, 0.2) is 18.2 Å². The molecule has 0 saturated heterocycles. The van der Waals surface area contributed by atoms with Crippen molar-refractivity contribution in [3.05, 3.63) is 23.8 Å². The molecule has 0 bridgehead atoms. The van der Waals surface area contributed by atoms with Gasteiger partial charge in [-0.25, -0.2) is 0 Å². The molecule has 0 aliphatic rings. The molecular formula is C13H19F3N2. The molecule has 0 spiro atoms. The van der Waals surface area contributed by atoms with E-state index in [1.54, 1.807) is 6.07 Å². The molecule has 0 saturated carbocycles. The SMILES string of the molecule is CC(C)CCCNc1ccc(N)c(C(F)(F)F)c1. The van der Waals surface area contributed by atoms with E-state index >= 15 is 0 Å². The molecule has 2 nitrogen and oxygen atoms in total. The van der Waals surface area contributed by atoms with Gasteiger partial charge in [-0.1, -0.05) is 13.8 Å². The fraction of sp³-hybridized carbons (Fsp3) is 0.538. The molecule has 0 aromatic heterocycles. The van der Waals surface area contributed by atoms with Gasteiger partial charge in [0.05, 0.1) is 5.56 Å². The Balaban J connectivity index is 2.63. The summed E-state index contributed by atoms with van der Waals surface area (Å²) in [7, 11) is 0. The minimum Gasteiger partial charge on any atom is -0.398 e. The predicted molar refractivity (Wildman–Crippen MR) is 68.4 cm³/mol. The van der Waals surface area contributed by atoms with Gasteiger partial charge in [0.25, 0.3) is 0 Å². The van der Waals surface area contributed by atoms with Crippen LogP contribution in [0, 0.1) is 5.92 Å². The number of nitrogens with two attached hydrogens (primary N) is 1. The van der Waals surface area contributed by atoms with Gasteiger partial charge >= 0.3 is 6.18 Å². The number of hydrogen-bond donors (Lipinski definition) is 2. The van der Waals surface area contributed by atoms with Crippen molar-refractivity contribution in [1.29, 1.82) is 0 Å². The zero-order valence-electron chi connectivity index (χ0n) is 10.6. The summed E-state index contributed by atoms with van der Waals surface area (Å²) in [4.78, 5) is 0. The van der Waals surface area contributed by atoms with Crippen LogP contribution in [0.2, 0.25) is 0 Å². The number of alkyl halides is 3. The van der Waals surface area contributed by atoms with Gasteiger partial charge < -0.3 is 11.1 Å². The first kappa shape index (κ1) is 14.7. The average molecular weight is 260 g/mol. The van der Waals surface area contributed by atoms with E-state index in [1.807, 2.05) is 0 Å². The summed E-state index contributed by atoms with van der Waals surface area (Å²) in [6.07, 6.45) is -2.42. The molecule has 0 fully saturated rings. The van der Waals surface area contributed by atoms with Gasteiger partial charge in [-0.2, -0.15) is 13.2 Å². The normalized spacial score (nSPS) is 11.9. The molecule has 0 unspecified atom stereocenters. The van der Waals surface area contributed by atoms with Gasteiger partial charge in [-0.3, -0.25) is 0 Å². The van der Waals surface area contributed by atoms with Crippen molar-refractivity contribution in [3.8, 4) is 0 Å². The Morgan fingerprint density at radius 3 is 2.50 bits per heavy atom. The third-order valence-corrected chi connectivity index (χ3v) is 2.65. The average Bonchev–Trinajstić information content (AvgIpc) is 2.24. The van der Waals surface area contributed by atoms with E-state index in [-0.39, 0.29) is 5.69 Å². The highest BCUT2D eigenvalue weighted by Crippen LogP contribution is 2.35. The molecule has 0 aliphatic carbocycles. The second-order valence-corrected chi connectivity index (χ2v) is 4.76. The first-order chi connectivity index (χ1) is 8.30. The summed E-state index contributed by atoms with van der Waals surface area (Å²) in [5.41, 5.74) is 4.76. The lowest BCUT2D eigenvalue weighted by Gasteiger charge is -2.13. The number of nitrogen functional groups attached to an aromatic ring is 1. The van der Waals surface area contributed by atoms with Crippen molar-refractivity contribution < 1.29 is 13.2 Å². The maximum absolute atomic E-state index is 12.6. The molecule has 0 atom stereocenters. The van der Waals surface area contributed by atoms with Gasteiger partial charge in [0, 0.05) is 17.9 Å². The third-order valence-electron chi connectivity index (χ3n) is 2.65. The lowest BCUT2D eigenvalue weighted by Crippen LogP contribution is -2.10. The molecule has 0 radical (unpaired) electrons. The van der Waals surface area contributed by atoms with Crippen molar-refractivity contribution in [2.45, 2.75) is 32.9 Å². The van der Waals surface area contributed by atoms with Gasteiger partial charge in [-0.15, -0.1) is 0 Å². The highest BCUT2D eigenvalue weighted by atomic mass is 19.4. The predicted octanol–water partition coefficient (Wildman–Crippen LogP) is 4.14. The maximum Gasteiger partial charge on any atom is 0.418 e. The van der Waals surface area contributed by atoms with Gasteiger partial charge in [0.1, 0.15) is 0 Å². The standard InChI is InChI=1S/C13H19F3N2/c1-9(2)4-3-7-18-10-5-6-12(17)11(8-10)13(14,15)16/h5-6,8-9,18H,3-4,7,17H2,1-2H3. The van der Waals surface area contributed by atoms with Crippen LogP contribution in [0.5, 0.6) is 0 Å². The molecule has 18 heavy (non-hydrogen) atoms. The Hall–Kier alpha value is -1.39. The quantitative estimate of drug-likeness (QED) is 0.617. The Kier molecular flexibility index (Phi) is 4.87. The number of benzene rings is 1. The molecular weight excluding hydrogens is 241 g/mol. The number of halogens is 3. The van der Waals surface area contributed by atoms with Crippen LogP contribution in [-0.2, 0) is 6.18 Å². The highest BCUT2D eigenvalue weighted by molar-refractivity contribution is 5.58. The molecule has 5 heteroatoms. The second-order valence-electron chi connectivity index (χ2n) is 4.76. The molecule has 1 aromatic rings. The van der Waals surface area contributed by atoms with Crippen molar-refractivity contribution in [2.75, 3.05) is 17.6 Å². The van der Waals surface area contributed by atoms with Gasteiger partial charge in [0.15, 0.2) is 0 Å². The van der Waals surface area contributed by atoms with Crippen LogP contribution in [-0.4, -0.2) is 6.54 Å². The van der Waals surface area contributed by atoms with E-state index in [4.69, 9.17) is 5.73 Å². The molecule has 1 aromatic carbocycles. The van der Waals surface area contributed by atoms with Crippen LogP contribution >= 0.6 is 0 Å². The molecule has 0 amide bonds. The van der Waals surface area contributed by atoms with E-state index in [2.05, 4.69) is 19.2 Å². The number of nitrogens with one attached hydrogen (secondary N) is 1. The molecule has 0 aliphatic heterocycles. The lowest BCUT2D eigenvalue weighted by atomic mass is 10.1. The van der Waals surface area contributed by atoms with Gasteiger partial charge in [0.2, 0.25) is 0 Å². The summed E-state index contributed by atoms with van der Waals surface area (Å²) in [5.74, 6) is 0.601. The topological polar surface area (TPSA) is 38.0 Å². The second kappa shape index (κ2) is 5.98.